The van der Waals surface area contributed by atoms with Gasteiger partial charge in [-0.15, -0.1) is 0 Å². The van der Waals surface area contributed by atoms with Gasteiger partial charge in [-0.05, 0) is 48.4 Å². The number of benzene rings is 2. The lowest BCUT2D eigenvalue weighted by atomic mass is 9.83. The van der Waals surface area contributed by atoms with E-state index in [1.165, 1.54) is 19.6 Å². The quantitative estimate of drug-likeness (QED) is 0.182. The monoisotopic (exact) mass is 595 g/mol. The Labute approximate surface area is 242 Å². The molecule has 1 aliphatic carbocycles. The lowest BCUT2D eigenvalue weighted by Gasteiger charge is -2.24. The molecule has 2 aromatic rings. The summed E-state index contributed by atoms with van der Waals surface area (Å²) in [5.41, 5.74) is 7.95. The highest BCUT2D eigenvalue weighted by Crippen LogP contribution is 2.29. The molecule has 0 bridgehead atoms. The Morgan fingerprint density at radius 3 is 2.24 bits per heavy atom. The van der Waals surface area contributed by atoms with E-state index in [1.54, 1.807) is 12.1 Å². The zero-order chi connectivity index (χ0) is 31.1. The molecule has 1 aliphatic rings. The molecule has 42 heavy (non-hydrogen) atoms. The maximum atomic E-state index is 13.7. The Morgan fingerprint density at radius 2 is 1.64 bits per heavy atom. The summed E-state index contributed by atoms with van der Waals surface area (Å²) >= 11 is 0. The minimum Gasteiger partial charge on any atom is -0.494 e. The molecule has 230 valence electrons. The van der Waals surface area contributed by atoms with Crippen LogP contribution >= 0.6 is 0 Å². The number of Topliss-reactive ketones (excluding diaryl/α,β-unsaturated/α-hetero) is 1. The van der Waals surface area contributed by atoms with Crippen molar-refractivity contribution in [3.63, 3.8) is 0 Å². The number of alkyl halides is 3. The van der Waals surface area contributed by atoms with Gasteiger partial charge in [0.1, 0.15) is 6.04 Å². The fourth-order valence-corrected chi connectivity index (χ4v) is 4.60. The lowest BCUT2D eigenvalue weighted by molar-refractivity contribution is -0.192. The van der Waals surface area contributed by atoms with Crippen molar-refractivity contribution in [1.29, 1.82) is 0 Å². The van der Waals surface area contributed by atoms with Crippen LogP contribution in [-0.4, -0.2) is 48.1 Å². The normalized spacial score (nSPS) is 14.7. The van der Waals surface area contributed by atoms with E-state index < -0.39 is 24.0 Å². The molecule has 0 saturated heterocycles. The van der Waals surface area contributed by atoms with Crippen molar-refractivity contribution in [3.8, 4) is 5.75 Å². The van der Waals surface area contributed by atoms with Crippen LogP contribution in [0.4, 0.5) is 17.6 Å². The van der Waals surface area contributed by atoms with E-state index in [4.69, 9.17) is 20.4 Å². The molecule has 0 unspecified atom stereocenters. The molecule has 1 atom stereocenters. The van der Waals surface area contributed by atoms with E-state index in [2.05, 4.69) is 10.3 Å². The topological polar surface area (TPSA) is 131 Å². The average Bonchev–Trinajstić information content (AvgIpc) is 2.96. The number of aryl methyl sites for hydroxylation is 2. The Morgan fingerprint density at radius 1 is 1.02 bits per heavy atom. The van der Waals surface area contributed by atoms with Crippen molar-refractivity contribution in [2.45, 2.75) is 76.4 Å². The third kappa shape index (κ3) is 12.7. The fraction of sp³-hybridized carbons (Fsp3) is 0.467. The predicted octanol–water partition coefficient (Wildman–Crippen LogP) is 5.37. The van der Waals surface area contributed by atoms with Gasteiger partial charge in [-0.2, -0.15) is 13.2 Å². The maximum absolute atomic E-state index is 13.7. The molecule has 0 radical (unpaired) electrons. The minimum atomic E-state index is -5.08. The summed E-state index contributed by atoms with van der Waals surface area (Å²) in [5.74, 6) is -2.87. The van der Waals surface area contributed by atoms with Crippen molar-refractivity contribution >= 4 is 23.6 Å². The highest BCUT2D eigenvalue weighted by Gasteiger charge is 2.38. The van der Waals surface area contributed by atoms with E-state index in [0.29, 0.717) is 25.2 Å². The molecule has 0 aromatic heterocycles. The zero-order valence-corrected chi connectivity index (χ0v) is 23.5. The van der Waals surface area contributed by atoms with Gasteiger partial charge in [0, 0.05) is 12.8 Å². The van der Waals surface area contributed by atoms with Crippen molar-refractivity contribution < 1.29 is 41.8 Å². The number of hydrogen-bond donors (Lipinski definition) is 3. The van der Waals surface area contributed by atoms with Crippen LogP contribution in [0.2, 0.25) is 0 Å². The second-order valence-corrected chi connectivity index (χ2v) is 10.0. The SMILES string of the molecule is COc1cc(CCC(=O)[C@@H](CC2CCCCC2)N=C(N)NC(=O)CCc2ccccc2)ccc1F.O=C(O)C(F)(F)F. The summed E-state index contributed by atoms with van der Waals surface area (Å²) in [6.07, 6.45) is 2.86. The van der Waals surface area contributed by atoms with Crippen LogP contribution in [0.5, 0.6) is 5.75 Å². The minimum absolute atomic E-state index is 0.0133. The number of halogens is 4. The standard InChI is InChI=1S/C28H36FN3O3.C2HF3O2/c1-35-26-19-22(12-15-23(26)29)13-16-25(33)24(18-21-10-6-3-7-11-21)31-28(30)32-27(34)17-14-20-8-4-2-5-9-20;3-2(4,5)1(6)7/h2,4-5,8-9,12,15,19,21,24H,3,6-7,10-11,13-14,16-18H2,1H3,(H3,30,31,32,34);(H,6,7)/t24-;/m1./s1. The van der Waals surface area contributed by atoms with E-state index >= 15 is 0 Å². The fourth-order valence-electron chi connectivity index (χ4n) is 4.60. The number of nitrogens with two attached hydrogens (primary N) is 1. The van der Waals surface area contributed by atoms with E-state index in [0.717, 1.165) is 36.8 Å². The van der Waals surface area contributed by atoms with Crippen LogP contribution in [0.1, 0.15) is 62.5 Å². The number of ketones is 1. The van der Waals surface area contributed by atoms with Crippen molar-refractivity contribution in [1.82, 2.24) is 5.32 Å². The number of nitrogens with one attached hydrogen (secondary N) is 1. The molecule has 8 nitrogen and oxygen atoms in total. The molecule has 1 saturated carbocycles. The van der Waals surface area contributed by atoms with Gasteiger partial charge in [0.2, 0.25) is 5.91 Å². The van der Waals surface area contributed by atoms with Crippen LogP contribution in [0.3, 0.4) is 0 Å². The predicted molar refractivity (Wildman–Crippen MR) is 149 cm³/mol. The van der Waals surface area contributed by atoms with Crippen LogP contribution in [0.15, 0.2) is 53.5 Å². The third-order valence-corrected chi connectivity index (χ3v) is 6.82. The van der Waals surface area contributed by atoms with E-state index in [1.807, 2.05) is 30.3 Å². The number of hydrogen-bond acceptors (Lipinski definition) is 5. The van der Waals surface area contributed by atoms with E-state index in [-0.39, 0.29) is 36.2 Å². The number of carbonyl (C=O) groups excluding carboxylic acids is 2. The first-order valence-corrected chi connectivity index (χ1v) is 13.7. The number of amides is 1. The Hall–Kier alpha value is -3.96. The highest BCUT2D eigenvalue weighted by molar-refractivity contribution is 5.97. The number of carboxylic acids is 1. The molecule has 1 fully saturated rings. The Kier molecular flexibility index (Phi) is 13.9. The zero-order valence-electron chi connectivity index (χ0n) is 23.5. The highest BCUT2D eigenvalue weighted by atomic mass is 19.4. The summed E-state index contributed by atoms with van der Waals surface area (Å²) < 4.78 is 50.5. The Bertz CT molecular complexity index is 1200. The third-order valence-electron chi connectivity index (χ3n) is 6.82. The number of guanidine groups is 1. The second kappa shape index (κ2) is 17.1. The Balaban J connectivity index is 0.000000782. The molecule has 12 heteroatoms. The first kappa shape index (κ1) is 34.2. The number of nitrogens with zero attached hydrogens (tertiary/aromatic N) is 1. The summed E-state index contributed by atoms with van der Waals surface area (Å²) in [6, 6.07) is 13.8. The molecule has 0 spiro atoms. The molecule has 2 aromatic carbocycles. The summed E-state index contributed by atoms with van der Waals surface area (Å²) in [5, 5.41) is 9.77. The number of ether oxygens (including phenoxy) is 1. The van der Waals surface area contributed by atoms with Crippen LogP contribution in [0, 0.1) is 11.7 Å². The summed E-state index contributed by atoms with van der Waals surface area (Å²) in [7, 11) is 1.42. The van der Waals surface area contributed by atoms with Crippen LogP contribution < -0.4 is 15.8 Å². The van der Waals surface area contributed by atoms with Gasteiger partial charge in [-0.3, -0.25) is 14.9 Å². The smallest absolute Gasteiger partial charge is 0.490 e. The molecule has 0 aliphatic heterocycles. The lowest BCUT2D eigenvalue weighted by Crippen LogP contribution is -2.39. The van der Waals surface area contributed by atoms with Crippen molar-refractivity contribution in [3.05, 3.63) is 65.5 Å². The van der Waals surface area contributed by atoms with Gasteiger partial charge >= 0.3 is 12.1 Å². The molecule has 4 N–H and O–H groups in total. The molecule has 3 rings (SSSR count). The number of aliphatic imine (C=N–C) groups is 1. The number of carboxylic acid groups (broad SMARTS) is 1. The first-order valence-electron chi connectivity index (χ1n) is 13.7. The number of methoxy groups -OCH3 is 1. The first-order chi connectivity index (χ1) is 19.9. The molecule has 1 amide bonds. The average molecular weight is 596 g/mol. The van der Waals surface area contributed by atoms with Gasteiger partial charge in [-0.25, -0.2) is 14.2 Å². The second-order valence-electron chi connectivity index (χ2n) is 10.0. The van der Waals surface area contributed by atoms with Gasteiger partial charge in [0.05, 0.1) is 7.11 Å². The largest absolute Gasteiger partial charge is 0.494 e. The van der Waals surface area contributed by atoms with E-state index in [9.17, 15) is 27.2 Å². The van der Waals surface area contributed by atoms with Gasteiger partial charge in [-0.1, -0.05) is 68.5 Å². The summed E-state index contributed by atoms with van der Waals surface area (Å²) in [6.45, 7) is 0. The van der Waals surface area contributed by atoms with Crippen LogP contribution in [-0.2, 0) is 27.2 Å². The van der Waals surface area contributed by atoms with Gasteiger partial charge in [0.25, 0.3) is 0 Å². The van der Waals surface area contributed by atoms with Gasteiger partial charge in [0.15, 0.2) is 23.3 Å². The molecular formula is C30H37F4N3O5. The van der Waals surface area contributed by atoms with Gasteiger partial charge < -0.3 is 15.6 Å². The van der Waals surface area contributed by atoms with Crippen molar-refractivity contribution in [2.75, 3.05) is 7.11 Å². The van der Waals surface area contributed by atoms with Crippen molar-refractivity contribution in [2.24, 2.45) is 16.6 Å². The number of carbonyl (C=O) groups is 3. The number of rotatable bonds is 11. The van der Waals surface area contributed by atoms with Crippen LogP contribution in [0.25, 0.3) is 0 Å². The molecule has 0 heterocycles. The maximum Gasteiger partial charge on any atom is 0.490 e. The number of aliphatic carboxylic acids is 1. The summed E-state index contributed by atoms with van der Waals surface area (Å²) in [4.78, 5) is 38.9. The molecular weight excluding hydrogens is 558 g/mol.